The van der Waals surface area contributed by atoms with E-state index in [4.69, 9.17) is 23.7 Å². The maximum atomic E-state index is 5.46. The summed E-state index contributed by atoms with van der Waals surface area (Å²) in [6.45, 7) is 0.859. The van der Waals surface area contributed by atoms with Gasteiger partial charge in [-0.2, -0.15) is 0 Å². The Morgan fingerprint density at radius 1 is 0.714 bits per heavy atom. The molecule has 0 fully saturated rings. The molecule has 1 heterocycles. The zero-order chi connectivity index (χ0) is 20.1. The van der Waals surface area contributed by atoms with E-state index < -0.39 is 0 Å². The van der Waals surface area contributed by atoms with E-state index in [0.717, 1.165) is 35.6 Å². The first-order chi connectivity index (χ1) is 13.6. The molecule has 3 rings (SSSR count). The third-order valence-corrected chi connectivity index (χ3v) is 4.74. The van der Waals surface area contributed by atoms with Crippen molar-refractivity contribution in [1.82, 2.24) is 0 Å². The summed E-state index contributed by atoms with van der Waals surface area (Å²) in [5, 5.41) is 0. The number of benzene rings is 2. The molecule has 1 N–H and O–H groups in total. The molecule has 148 valence electrons. The number of hydrogen-bond acceptors (Lipinski definition) is 5. The summed E-state index contributed by atoms with van der Waals surface area (Å²) >= 11 is 0. The normalized spacial score (nSPS) is 13.0. The topological polar surface area (TPSA) is 60.1 Å². The Morgan fingerprint density at radius 3 is 1.89 bits per heavy atom. The van der Waals surface area contributed by atoms with Gasteiger partial charge in [0, 0.05) is 12.5 Å². The second-order valence-corrected chi connectivity index (χ2v) is 6.25. The highest BCUT2D eigenvalue weighted by molar-refractivity contribution is 6.08. The van der Waals surface area contributed by atoms with E-state index in [1.54, 1.807) is 35.5 Å². The number of hydrogen-bond donors (Lipinski definition) is 1. The van der Waals surface area contributed by atoms with Gasteiger partial charge < -0.3 is 23.7 Å². The number of rotatable bonds is 7. The Balaban J connectivity index is 1.97. The summed E-state index contributed by atoms with van der Waals surface area (Å²) in [7, 11) is 8.11. The highest BCUT2D eigenvalue weighted by Crippen LogP contribution is 2.38. The SMILES string of the molecule is COc1cc2c(cc1OC)C(/C=C/c1cc(OC)c(OC)c(OC)c1)=[NH+]CC2. The average molecular weight is 384 g/mol. The Kier molecular flexibility index (Phi) is 6.09. The molecule has 0 spiro atoms. The zero-order valence-corrected chi connectivity index (χ0v) is 16.9. The first-order valence-corrected chi connectivity index (χ1v) is 8.99. The molecule has 0 saturated heterocycles. The van der Waals surface area contributed by atoms with Gasteiger partial charge >= 0.3 is 0 Å². The van der Waals surface area contributed by atoms with Crippen LogP contribution in [0.2, 0.25) is 0 Å². The van der Waals surface area contributed by atoms with Crippen LogP contribution in [0.1, 0.15) is 16.7 Å². The van der Waals surface area contributed by atoms with Gasteiger partial charge in [0.1, 0.15) is 6.54 Å². The van der Waals surface area contributed by atoms with Crippen molar-refractivity contribution in [3.63, 3.8) is 0 Å². The van der Waals surface area contributed by atoms with Gasteiger partial charge in [0.2, 0.25) is 11.5 Å². The van der Waals surface area contributed by atoms with Crippen LogP contribution in [0.5, 0.6) is 28.7 Å². The molecule has 2 aromatic carbocycles. The lowest BCUT2D eigenvalue weighted by molar-refractivity contribution is -0.456. The van der Waals surface area contributed by atoms with Crippen molar-refractivity contribution in [2.24, 2.45) is 0 Å². The fraction of sp³-hybridized carbons (Fsp3) is 0.318. The van der Waals surface area contributed by atoms with Crippen LogP contribution in [0.4, 0.5) is 0 Å². The van der Waals surface area contributed by atoms with Crippen molar-refractivity contribution in [3.8, 4) is 28.7 Å². The molecule has 0 unspecified atom stereocenters. The first-order valence-electron chi connectivity index (χ1n) is 8.99. The van der Waals surface area contributed by atoms with Crippen LogP contribution in [-0.4, -0.2) is 47.8 Å². The molecule has 0 saturated carbocycles. The van der Waals surface area contributed by atoms with Gasteiger partial charge in [0.05, 0.1) is 41.1 Å². The predicted molar refractivity (Wildman–Crippen MR) is 108 cm³/mol. The van der Waals surface area contributed by atoms with Crippen LogP contribution in [0.25, 0.3) is 6.08 Å². The van der Waals surface area contributed by atoms with Crippen molar-refractivity contribution < 1.29 is 28.7 Å². The van der Waals surface area contributed by atoms with E-state index in [-0.39, 0.29) is 0 Å². The van der Waals surface area contributed by atoms with E-state index in [2.05, 4.69) is 4.99 Å². The van der Waals surface area contributed by atoms with E-state index in [0.29, 0.717) is 23.0 Å². The number of methoxy groups -OCH3 is 5. The second-order valence-electron chi connectivity index (χ2n) is 6.25. The van der Waals surface area contributed by atoms with Gasteiger partial charge in [-0.05, 0) is 41.5 Å². The summed E-state index contributed by atoms with van der Waals surface area (Å²) < 4.78 is 27.1. The minimum absolute atomic E-state index is 0.577. The summed E-state index contributed by atoms with van der Waals surface area (Å²) in [5.41, 5.74) is 4.29. The van der Waals surface area contributed by atoms with Crippen LogP contribution in [-0.2, 0) is 6.42 Å². The average Bonchev–Trinajstić information content (AvgIpc) is 2.75. The molecule has 0 atom stereocenters. The van der Waals surface area contributed by atoms with Gasteiger partial charge in [0.25, 0.3) is 0 Å². The fourth-order valence-corrected chi connectivity index (χ4v) is 3.33. The maximum Gasteiger partial charge on any atom is 0.206 e. The van der Waals surface area contributed by atoms with E-state index in [9.17, 15) is 0 Å². The lowest BCUT2D eigenvalue weighted by atomic mass is 9.96. The maximum absolute atomic E-state index is 5.46. The summed E-state index contributed by atoms with van der Waals surface area (Å²) in [6, 6.07) is 7.88. The molecule has 6 nitrogen and oxygen atoms in total. The van der Waals surface area contributed by atoms with Crippen molar-refractivity contribution in [3.05, 3.63) is 47.0 Å². The van der Waals surface area contributed by atoms with Crippen LogP contribution in [0, 0.1) is 0 Å². The van der Waals surface area contributed by atoms with Crippen LogP contribution < -0.4 is 28.7 Å². The van der Waals surface area contributed by atoms with Gasteiger partial charge in [-0.15, -0.1) is 0 Å². The minimum atomic E-state index is 0.577. The van der Waals surface area contributed by atoms with E-state index >= 15 is 0 Å². The first kappa shape index (κ1) is 19.6. The van der Waals surface area contributed by atoms with Gasteiger partial charge in [-0.1, -0.05) is 0 Å². The molecule has 28 heavy (non-hydrogen) atoms. The summed E-state index contributed by atoms with van der Waals surface area (Å²) in [5.74, 6) is 3.28. The molecule has 0 aliphatic carbocycles. The predicted octanol–water partition coefficient (Wildman–Crippen LogP) is 1.87. The Hall–Kier alpha value is -3.15. The molecule has 0 aromatic heterocycles. The Morgan fingerprint density at radius 2 is 1.32 bits per heavy atom. The summed E-state index contributed by atoms with van der Waals surface area (Å²) in [4.78, 5) is 3.46. The van der Waals surface area contributed by atoms with Crippen LogP contribution >= 0.6 is 0 Å². The lowest BCUT2D eigenvalue weighted by Crippen LogP contribution is -2.75. The number of ether oxygens (including phenoxy) is 5. The molecule has 1 aliphatic rings. The van der Waals surface area contributed by atoms with Crippen molar-refractivity contribution in [2.75, 3.05) is 42.1 Å². The van der Waals surface area contributed by atoms with Crippen LogP contribution in [0.15, 0.2) is 30.3 Å². The Bertz CT molecular complexity index is 892. The molecule has 0 amide bonds. The second kappa shape index (κ2) is 8.69. The third kappa shape index (κ3) is 3.76. The molecule has 6 heteroatoms. The Labute approximate surface area is 165 Å². The molecule has 2 aromatic rings. The number of allylic oxidation sites excluding steroid dienone is 1. The van der Waals surface area contributed by atoms with E-state index in [1.165, 1.54) is 5.56 Å². The minimum Gasteiger partial charge on any atom is -0.493 e. The monoisotopic (exact) mass is 384 g/mol. The van der Waals surface area contributed by atoms with E-state index in [1.807, 2.05) is 36.4 Å². The molecule has 0 radical (unpaired) electrons. The highest BCUT2D eigenvalue weighted by Gasteiger charge is 2.21. The van der Waals surface area contributed by atoms with Gasteiger partial charge in [0.15, 0.2) is 23.0 Å². The number of fused-ring (bicyclic) bond motifs is 1. The van der Waals surface area contributed by atoms with Crippen molar-refractivity contribution in [1.29, 1.82) is 0 Å². The van der Waals surface area contributed by atoms with Crippen LogP contribution in [0.3, 0.4) is 0 Å². The standard InChI is InChI=1S/C22H25NO5/c1-24-18-12-15-8-9-23-17(16(15)13-19(18)25-2)7-6-14-10-20(26-3)22(28-5)21(11-14)27-4/h6-7,10-13H,8-9H2,1-5H3/p+1/b7-6+. The van der Waals surface area contributed by atoms with Gasteiger partial charge in [-0.25, -0.2) is 4.99 Å². The molecule has 0 bridgehead atoms. The third-order valence-electron chi connectivity index (χ3n) is 4.74. The molecular formula is C22H26NO5+. The van der Waals surface area contributed by atoms with Gasteiger partial charge in [-0.3, -0.25) is 0 Å². The zero-order valence-electron chi connectivity index (χ0n) is 16.9. The lowest BCUT2D eigenvalue weighted by Gasteiger charge is -2.15. The molecule has 1 aliphatic heterocycles. The summed E-state index contributed by atoms with van der Waals surface area (Å²) in [6.07, 6.45) is 4.99. The quantitative estimate of drug-likeness (QED) is 0.790. The van der Waals surface area contributed by atoms with Crippen molar-refractivity contribution in [2.45, 2.75) is 6.42 Å². The smallest absolute Gasteiger partial charge is 0.206 e. The largest absolute Gasteiger partial charge is 0.493 e. The molecular weight excluding hydrogens is 358 g/mol. The fourth-order valence-electron chi connectivity index (χ4n) is 3.33. The van der Waals surface area contributed by atoms with Crippen molar-refractivity contribution >= 4 is 11.8 Å². The number of nitrogens with one attached hydrogen (secondary N) is 1. The highest BCUT2D eigenvalue weighted by atomic mass is 16.5.